The average Bonchev–Trinajstić information content (AvgIpc) is 3.29. The maximum Gasteiger partial charge on any atom is 0.279 e. The number of nitrogens with zero attached hydrogens (tertiary/aromatic N) is 1. The normalized spacial score (nSPS) is 16.6. The van der Waals surface area contributed by atoms with E-state index in [0.717, 1.165) is 25.8 Å². The van der Waals surface area contributed by atoms with E-state index < -0.39 is 10.2 Å². The molecule has 0 aromatic carbocycles. The maximum absolute atomic E-state index is 12.3. The predicted molar refractivity (Wildman–Crippen MR) is 92.0 cm³/mol. The van der Waals surface area contributed by atoms with E-state index in [4.69, 9.17) is 0 Å². The SMILES string of the molecule is CCC(CC)(CNS(=O)(=O)N(C)CCCNC1CC1)SC. The molecule has 0 bridgehead atoms. The smallest absolute Gasteiger partial charge is 0.279 e. The van der Waals surface area contributed by atoms with Crippen molar-refractivity contribution in [2.45, 2.75) is 56.7 Å². The zero-order chi connectivity index (χ0) is 15.9. The predicted octanol–water partition coefficient (Wildman–Crippen LogP) is 1.82. The molecular weight excluding hydrogens is 306 g/mol. The zero-order valence-corrected chi connectivity index (χ0v) is 15.4. The first-order valence-corrected chi connectivity index (χ1v) is 10.5. The first-order valence-electron chi connectivity index (χ1n) is 7.88. The van der Waals surface area contributed by atoms with Gasteiger partial charge >= 0.3 is 0 Å². The lowest BCUT2D eigenvalue weighted by Crippen LogP contribution is -2.45. The van der Waals surface area contributed by atoms with Crippen molar-refractivity contribution in [3.63, 3.8) is 0 Å². The highest BCUT2D eigenvalue weighted by molar-refractivity contribution is 8.00. The van der Waals surface area contributed by atoms with Crippen molar-refractivity contribution in [1.29, 1.82) is 0 Å². The highest BCUT2D eigenvalue weighted by Gasteiger charge is 2.28. The minimum atomic E-state index is -3.37. The Morgan fingerprint density at radius 3 is 2.38 bits per heavy atom. The van der Waals surface area contributed by atoms with Crippen LogP contribution >= 0.6 is 11.8 Å². The number of rotatable bonds is 12. The third-order valence-corrected chi connectivity index (χ3v) is 7.47. The van der Waals surface area contributed by atoms with Crippen LogP contribution < -0.4 is 10.0 Å². The molecule has 0 unspecified atom stereocenters. The van der Waals surface area contributed by atoms with E-state index in [2.05, 4.69) is 30.1 Å². The van der Waals surface area contributed by atoms with Gasteiger partial charge in [-0.05, 0) is 44.9 Å². The lowest BCUT2D eigenvalue weighted by Gasteiger charge is -2.30. The van der Waals surface area contributed by atoms with Crippen molar-refractivity contribution in [3.05, 3.63) is 0 Å². The van der Waals surface area contributed by atoms with Gasteiger partial charge < -0.3 is 5.32 Å². The molecule has 0 spiro atoms. The van der Waals surface area contributed by atoms with Crippen LogP contribution in [0, 0.1) is 0 Å². The summed E-state index contributed by atoms with van der Waals surface area (Å²) in [6.07, 6.45) is 7.35. The Balaban J connectivity index is 2.35. The summed E-state index contributed by atoms with van der Waals surface area (Å²) in [6, 6.07) is 0.682. The van der Waals surface area contributed by atoms with Crippen molar-refractivity contribution in [3.8, 4) is 0 Å². The Labute approximate surface area is 134 Å². The number of hydrogen-bond acceptors (Lipinski definition) is 4. The second-order valence-electron chi connectivity index (χ2n) is 5.82. The molecule has 1 fully saturated rings. The molecule has 0 atom stereocenters. The molecule has 2 N–H and O–H groups in total. The summed E-state index contributed by atoms with van der Waals surface area (Å²) in [4.78, 5) is 0. The van der Waals surface area contributed by atoms with Crippen LogP contribution in [0.25, 0.3) is 0 Å². The van der Waals surface area contributed by atoms with Crippen LogP contribution in [0.3, 0.4) is 0 Å². The minimum absolute atomic E-state index is 0.00143. The van der Waals surface area contributed by atoms with Gasteiger partial charge in [0.15, 0.2) is 0 Å². The zero-order valence-electron chi connectivity index (χ0n) is 13.8. The van der Waals surface area contributed by atoms with E-state index >= 15 is 0 Å². The van der Waals surface area contributed by atoms with Gasteiger partial charge in [0.25, 0.3) is 10.2 Å². The van der Waals surface area contributed by atoms with Gasteiger partial charge in [0, 0.05) is 30.9 Å². The summed E-state index contributed by atoms with van der Waals surface area (Å²) < 4.78 is 28.7. The molecule has 126 valence electrons. The Bertz CT molecular complexity index is 385. The van der Waals surface area contributed by atoms with Crippen LogP contribution in [-0.2, 0) is 10.2 Å². The minimum Gasteiger partial charge on any atom is -0.314 e. The van der Waals surface area contributed by atoms with E-state index in [-0.39, 0.29) is 4.75 Å². The van der Waals surface area contributed by atoms with Crippen LogP contribution in [-0.4, -0.2) is 56.4 Å². The Morgan fingerprint density at radius 1 is 1.29 bits per heavy atom. The Kier molecular flexibility index (Phi) is 7.98. The molecule has 1 saturated carbocycles. The highest BCUT2D eigenvalue weighted by atomic mass is 32.2. The largest absolute Gasteiger partial charge is 0.314 e. The monoisotopic (exact) mass is 337 g/mol. The van der Waals surface area contributed by atoms with Gasteiger partial charge in [0.1, 0.15) is 0 Å². The van der Waals surface area contributed by atoms with Gasteiger partial charge in [-0.2, -0.15) is 24.5 Å². The summed E-state index contributed by atoms with van der Waals surface area (Å²) in [5.41, 5.74) is 0. The molecule has 0 heterocycles. The van der Waals surface area contributed by atoms with Crippen molar-refractivity contribution in [1.82, 2.24) is 14.3 Å². The van der Waals surface area contributed by atoms with E-state index in [1.54, 1.807) is 18.8 Å². The highest BCUT2D eigenvalue weighted by Crippen LogP contribution is 2.29. The first kappa shape index (κ1) is 19.2. The third kappa shape index (κ3) is 6.44. The first-order chi connectivity index (χ1) is 9.89. The summed E-state index contributed by atoms with van der Waals surface area (Å²) in [5, 5.41) is 3.40. The topological polar surface area (TPSA) is 61.4 Å². The van der Waals surface area contributed by atoms with Gasteiger partial charge in [-0.15, -0.1) is 0 Å². The Morgan fingerprint density at radius 2 is 1.90 bits per heavy atom. The lowest BCUT2D eigenvalue weighted by molar-refractivity contribution is 0.436. The van der Waals surface area contributed by atoms with E-state index in [9.17, 15) is 8.42 Å². The fraction of sp³-hybridized carbons (Fsp3) is 1.00. The number of nitrogens with one attached hydrogen (secondary N) is 2. The second-order valence-corrected chi connectivity index (χ2v) is 8.96. The average molecular weight is 338 g/mol. The van der Waals surface area contributed by atoms with Gasteiger partial charge in [-0.3, -0.25) is 0 Å². The van der Waals surface area contributed by atoms with Crippen molar-refractivity contribution in [2.24, 2.45) is 0 Å². The summed E-state index contributed by atoms with van der Waals surface area (Å²) in [6.45, 7) is 6.17. The second kappa shape index (κ2) is 8.72. The molecule has 7 heteroatoms. The molecular formula is C14H31N3O2S2. The maximum atomic E-state index is 12.3. The molecule has 0 radical (unpaired) electrons. The van der Waals surface area contributed by atoms with Crippen molar-refractivity contribution >= 4 is 22.0 Å². The van der Waals surface area contributed by atoms with Crippen LogP contribution in [0.4, 0.5) is 0 Å². The van der Waals surface area contributed by atoms with E-state index in [1.807, 2.05) is 0 Å². The van der Waals surface area contributed by atoms with Crippen molar-refractivity contribution in [2.75, 3.05) is 32.9 Å². The molecule has 0 amide bonds. The summed E-state index contributed by atoms with van der Waals surface area (Å²) in [7, 11) is -1.72. The molecule has 1 rings (SSSR count). The summed E-state index contributed by atoms with van der Waals surface area (Å²) in [5.74, 6) is 0. The van der Waals surface area contributed by atoms with Gasteiger partial charge in [-0.25, -0.2) is 4.72 Å². The van der Waals surface area contributed by atoms with E-state index in [0.29, 0.717) is 19.1 Å². The van der Waals surface area contributed by atoms with Gasteiger partial charge in [0.2, 0.25) is 0 Å². The molecule has 21 heavy (non-hydrogen) atoms. The molecule has 1 aliphatic carbocycles. The fourth-order valence-electron chi connectivity index (χ4n) is 2.21. The van der Waals surface area contributed by atoms with Gasteiger partial charge in [-0.1, -0.05) is 13.8 Å². The Hall–Kier alpha value is 0.180. The number of thioether (sulfide) groups is 1. The van der Waals surface area contributed by atoms with Gasteiger partial charge in [0.05, 0.1) is 0 Å². The van der Waals surface area contributed by atoms with Crippen LogP contribution in [0.5, 0.6) is 0 Å². The molecule has 0 aliphatic heterocycles. The van der Waals surface area contributed by atoms with E-state index in [1.165, 1.54) is 17.1 Å². The summed E-state index contributed by atoms with van der Waals surface area (Å²) >= 11 is 1.75. The molecule has 0 aromatic heterocycles. The molecule has 5 nitrogen and oxygen atoms in total. The molecule has 0 saturated heterocycles. The number of hydrogen-bond donors (Lipinski definition) is 2. The van der Waals surface area contributed by atoms with Crippen molar-refractivity contribution < 1.29 is 8.42 Å². The molecule has 1 aliphatic rings. The molecule has 0 aromatic rings. The van der Waals surface area contributed by atoms with Crippen LogP contribution in [0.2, 0.25) is 0 Å². The fourth-order valence-corrected chi connectivity index (χ4v) is 4.14. The standard InChI is InChI=1S/C14H31N3O2S2/c1-5-14(6-2,20-4)12-16-21(18,19)17(3)11-7-10-15-13-8-9-13/h13,15-16H,5-12H2,1-4H3. The third-order valence-electron chi connectivity index (χ3n) is 4.37. The van der Waals surface area contributed by atoms with Crippen LogP contribution in [0.1, 0.15) is 46.0 Å². The lowest BCUT2D eigenvalue weighted by atomic mass is 10.0. The quantitative estimate of drug-likeness (QED) is 0.533. The van der Waals surface area contributed by atoms with Crippen LogP contribution in [0.15, 0.2) is 0 Å².